The average molecular weight is 347 g/mol. The molecule has 1 fully saturated rings. The van der Waals surface area contributed by atoms with Crippen molar-refractivity contribution in [3.63, 3.8) is 0 Å². The van der Waals surface area contributed by atoms with Gasteiger partial charge in [-0.05, 0) is 49.9 Å². The Morgan fingerprint density at radius 3 is 2.50 bits per heavy atom. The number of carboxylic acid groups (broad SMARTS) is 1. The van der Waals surface area contributed by atoms with E-state index in [0.717, 1.165) is 36.3 Å². The van der Waals surface area contributed by atoms with Crippen LogP contribution in [0.15, 0.2) is 39.1 Å². The van der Waals surface area contributed by atoms with Crippen molar-refractivity contribution in [3.05, 3.63) is 24.3 Å². The summed E-state index contributed by atoms with van der Waals surface area (Å²) in [5.74, 6) is -0.200. The Bertz CT molecular complexity index is 680. The minimum absolute atomic E-state index is 0.0391. The number of aliphatic carboxylic acids is 1. The van der Waals surface area contributed by atoms with Crippen molar-refractivity contribution in [2.45, 2.75) is 42.7 Å². The Morgan fingerprint density at radius 1 is 1.21 bits per heavy atom. The SMILES string of the molecule is NC1=NC2(CCCCC2)N(c2ccc(SCC(=O)O)cc2)C(N)=N1. The highest BCUT2D eigenvalue weighted by atomic mass is 32.2. The maximum absolute atomic E-state index is 10.7. The summed E-state index contributed by atoms with van der Waals surface area (Å²) in [6.45, 7) is 0. The minimum atomic E-state index is -0.831. The molecule has 0 radical (unpaired) electrons. The molecule has 0 amide bonds. The zero-order valence-corrected chi connectivity index (χ0v) is 14.1. The molecule has 1 spiro atoms. The van der Waals surface area contributed by atoms with Gasteiger partial charge in [0, 0.05) is 10.6 Å². The summed E-state index contributed by atoms with van der Waals surface area (Å²) in [5.41, 5.74) is 12.5. The molecule has 0 unspecified atom stereocenters. The molecular formula is C16H21N5O2S. The van der Waals surface area contributed by atoms with Crippen LogP contribution in [-0.4, -0.2) is 34.4 Å². The third kappa shape index (κ3) is 3.33. The summed E-state index contributed by atoms with van der Waals surface area (Å²) < 4.78 is 0. The lowest BCUT2D eigenvalue weighted by atomic mass is 9.87. The third-order valence-corrected chi connectivity index (χ3v) is 5.31. The van der Waals surface area contributed by atoms with E-state index in [4.69, 9.17) is 16.6 Å². The van der Waals surface area contributed by atoms with Crippen LogP contribution in [0.1, 0.15) is 32.1 Å². The van der Waals surface area contributed by atoms with Gasteiger partial charge in [-0.1, -0.05) is 6.42 Å². The lowest BCUT2D eigenvalue weighted by molar-refractivity contribution is -0.133. The predicted molar refractivity (Wildman–Crippen MR) is 96.3 cm³/mol. The topological polar surface area (TPSA) is 117 Å². The van der Waals surface area contributed by atoms with Crippen molar-refractivity contribution in [2.75, 3.05) is 10.7 Å². The molecule has 1 aromatic rings. The van der Waals surface area contributed by atoms with Gasteiger partial charge in [-0.2, -0.15) is 4.99 Å². The van der Waals surface area contributed by atoms with Crippen molar-refractivity contribution in [2.24, 2.45) is 21.5 Å². The molecule has 2 aliphatic rings. The molecule has 1 aliphatic carbocycles. The molecule has 1 heterocycles. The first-order valence-corrected chi connectivity index (χ1v) is 8.93. The lowest BCUT2D eigenvalue weighted by Gasteiger charge is -2.45. The van der Waals surface area contributed by atoms with Gasteiger partial charge in [0.2, 0.25) is 11.9 Å². The Morgan fingerprint density at radius 2 is 1.88 bits per heavy atom. The van der Waals surface area contributed by atoms with Crippen LogP contribution in [-0.2, 0) is 4.79 Å². The van der Waals surface area contributed by atoms with Crippen LogP contribution >= 0.6 is 11.8 Å². The summed E-state index contributed by atoms with van der Waals surface area (Å²) in [6.07, 6.45) is 5.12. The number of anilines is 1. The van der Waals surface area contributed by atoms with Crippen LogP contribution in [0.25, 0.3) is 0 Å². The van der Waals surface area contributed by atoms with Crippen LogP contribution in [0.4, 0.5) is 5.69 Å². The Hall–Kier alpha value is -2.22. The fourth-order valence-electron chi connectivity index (χ4n) is 3.33. The molecule has 128 valence electrons. The van der Waals surface area contributed by atoms with Crippen molar-refractivity contribution in [3.8, 4) is 0 Å². The second-order valence-corrected chi connectivity index (χ2v) is 7.04. The van der Waals surface area contributed by atoms with E-state index in [9.17, 15) is 4.79 Å². The molecule has 0 atom stereocenters. The fraction of sp³-hybridized carbons (Fsp3) is 0.438. The van der Waals surface area contributed by atoms with Crippen LogP contribution in [0.5, 0.6) is 0 Å². The second kappa shape index (κ2) is 6.72. The Kier molecular flexibility index (Phi) is 4.66. The van der Waals surface area contributed by atoms with Crippen LogP contribution < -0.4 is 16.4 Å². The molecular weight excluding hydrogens is 326 g/mol. The van der Waals surface area contributed by atoms with Gasteiger partial charge in [-0.25, -0.2) is 4.99 Å². The summed E-state index contributed by atoms with van der Waals surface area (Å²) in [6, 6.07) is 7.66. The minimum Gasteiger partial charge on any atom is -0.481 e. The van der Waals surface area contributed by atoms with E-state index in [0.29, 0.717) is 5.96 Å². The van der Waals surface area contributed by atoms with Gasteiger partial charge in [-0.3, -0.25) is 9.69 Å². The molecule has 7 nitrogen and oxygen atoms in total. The van der Waals surface area contributed by atoms with Crippen molar-refractivity contribution < 1.29 is 9.90 Å². The quantitative estimate of drug-likeness (QED) is 0.717. The molecule has 0 bridgehead atoms. The number of carboxylic acids is 1. The number of carbonyl (C=O) groups is 1. The molecule has 1 saturated carbocycles. The summed E-state index contributed by atoms with van der Waals surface area (Å²) in [5, 5.41) is 8.77. The Balaban J connectivity index is 1.88. The molecule has 5 N–H and O–H groups in total. The average Bonchev–Trinajstić information content (AvgIpc) is 2.54. The molecule has 24 heavy (non-hydrogen) atoms. The van der Waals surface area contributed by atoms with Gasteiger partial charge >= 0.3 is 5.97 Å². The van der Waals surface area contributed by atoms with Gasteiger partial charge in [-0.15, -0.1) is 11.8 Å². The van der Waals surface area contributed by atoms with Gasteiger partial charge in [0.05, 0.1) is 5.75 Å². The number of thioether (sulfide) groups is 1. The van der Waals surface area contributed by atoms with E-state index in [-0.39, 0.29) is 11.7 Å². The van der Waals surface area contributed by atoms with Crippen molar-refractivity contribution in [1.29, 1.82) is 0 Å². The first-order valence-electron chi connectivity index (χ1n) is 7.95. The van der Waals surface area contributed by atoms with Crippen LogP contribution in [0.2, 0.25) is 0 Å². The van der Waals surface area contributed by atoms with Gasteiger partial charge in [0.25, 0.3) is 0 Å². The fourth-order valence-corrected chi connectivity index (χ4v) is 3.95. The number of hydrogen-bond donors (Lipinski definition) is 3. The van der Waals surface area contributed by atoms with Crippen molar-refractivity contribution in [1.82, 2.24) is 0 Å². The number of benzene rings is 1. The number of guanidine groups is 2. The smallest absolute Gasteiger partial charge is 0.313 e. The highest BCUT2D eigenvalue weighted by Gasteiger charge is 2.42. The van der Waals surface area contributed by atoms with Crippen LogP contribution in [0, 0.1) is 0 Å². The summed E-state index contributed by atoms with van der Waals surface area (Å²) in [4.78, 5) is 22.3. The van der Waals surface area contributed by atoms with Crippen LogP contribution in [0.3, 0.4) is 0 Å². The highest BCUT2D eigenvalue weighted by molar-refractivity contribution is 8.00. The molecule has 3 rings (SSSR count). The van der Waals surface area contributed by atoms with Gasteiger partial charge in [0.1, 0.15) is 5.66 Å². The number of aliphatic imine (C=N–C) groups is 2. The molecule has 1 aliphatic heterocycles. The maximum Gasteiger partial charge on any atom is 0.313 e. The predicted octanol–water partition coefficient (Wildman–Crippen LogP) is 1.97. The summed E-state index contributed by atoms with van der Waals surface area (Å²) >= 11 is 1.29. The molecule has 1 aromatic carbocycles. The highest BCUT2D eigenvalue weighted by Crippen LogP contribution is 2.39. The van der Waals surface area contributed by atoms with Gasteiger partial charge in [0.15, 0.2) is 0 Å². The van der Waals surface area contributed by atoms with Gasteiger partial charge < -0.3 is 16.6 Å². The van der Waals surface area contributed by atoms with E-state index in [1.165, 1.54) is 18.2 Å². The standard InChI is InChI=1S/C16H21N5O2S/c17-14-19-15(18)21(16(20-14)8-2-1-3-9-16)11-4-6-12(7-5-11)24-10-13(22)23/h4-7H,1-3,8-10H2,(H,22,23)(H4,17,18,19,20). The maximum atomic E-state index is 10.7. The normalized spacial score (nSPS) is 19.8. The van der Waals surface area contributed by atoms with E-state index in [1.54, 1.807) is 0 Å². The first-order chi connectivity index (χ1) is 11.5. The van der Waals surface area contributed by atoms with E-state index < -0.39 is 11.6 Å². The lowest BCUT2D eigenvalue weighted by Crippen LogP contribution is -2.58. The number of nitrogens with zero attached hydrogens (tertiary/aromatic N) is 3. The second-order valence-electron chi connectivity index (χ2n) is 5.99. The van der Waals surface area contributed by atoms with E-state index in [1.807, 2.05) is 29.2 Å². The monoisotopic (exact) mass is 347 g/mol. The zero-order chi connectivity index (χ0) is 17.2. The van der Waals surface area contributed by atoms with E-state index >= 15 is 0 Å². The number of hydrogen-bond acceptors (Lipinski definition) is 7. The van der Waals surface area contributed by atoms with Crippen molar-refractivity contribution >= 4 is 35.3 Å². The molecule has 0 aromatic heterocycles. The zero-order valence-electron chi connectivity index (χ0n) is 13.3. The molecule has 0 saturated heterocycles. The third-order valence-electron chi connectivity index (χ3n) is 4.31. The number of rotatable bonds is 4. The number of nitrogens with two attached hydrogens (primary N) is 2. The largest absolute Gasteiger partial charge is 0.481 e. The Labute approximate surface area is 144 Å². The summed E-state index contributed by atoms with van der Waals surface area (Å²) in [7, 11) is 0. The van der Waals surface area contributed by atoms with E-state index in [2.05, 4.69) is 9.98 Å². The first kappa shape index (κ1) is 16.6. The molecule has 8 heteroatoms.